The molecule has 0 aliphatic heterocycles. The van der Waals surface area contributed by atoms with Crippen LogP contribution in [0.5, 0.6) is 0 Å². The van der Waals surface area contributed by atoms with Gasteiger partial charge in [-0.05, 0) is 32.6 Å². The van der Waals surface area contributed by atoms with Crippen LogP contribution in [-0.2, 0) is 19.1 Å². The van der Waals surface area contributed by atoms with Gasteiger partial charge >= 0.3 is 5.97 Å². The molecule has 1 aliphatic rings. The molecular weight excluding hydrogens is 248 g/mol. The number of esters is 1. The maximum atomic E-state index is 12.4. The topological polar surface area (TPSA) is 81.9 Å². The van der Waals surface area contributed by atoms with Crippen molar-refractivity contribution in [3.05, 3.63) is 0 Å². The van der Waals surface area contributed by atoms with Gasteiger partial charge < -0.3 is 20.1 Å². The highest BCUT2D eigenvalue weighted by Gasteiger charge is 2.46. The second kappa shape index (κ2) is 6.86. The fourth-order valence-electron chi connectivity index (χ4n) is 2.01. The number of rotatable bonds is 8. The number of methoxy groups -OCH3 is 1. The summed E-state index contributed by atoms with van der Waals surface area (Å²) in [7, 11) is 1.55. The third-order valence-electron chi connectivity index (χ3n) is 3.36. The van der Waals surface area contributed by atoms with Crippen molar-refractivity contribution in [2.45, 2.75) is 32.2 Å². The van der Waals surface area contributed by atoms with Gasteiger partial charge in [0.15, 0.2) is 0 Å². The van der Waals surface area contributed by atoms with Gasteiger partial charge in [-0.25, -0.2) is 0 Å². The summed E-state index contributed by atoms with van der Waals surface area (Å²) in [5.74, 6) is -0.411. The summed E-state index contributed by atoms with van der Waals surface area (Å²) in [5.41, 5.74) is 5.20. The van der Waals surface area contributed by atoms with Crippen LogP contribution in [0.15, 0.2) is 0 Å². The van der Waals surface area contributed by atoms with Crippen LogP contribution in [0.1, 0.15) is 26.7 Å². The summed E-state index contributed by atoms with van der Waals surface area (Å²) in [4.78, 5) is 25.4. The Morgan fingerprint density at radius 3 is 2.53 bits per heavy atom. The lowest BCUT2D eigenvalue weighted by Crippen LogP contribution is -2.56. The average Bonchev–Trinajstić information content (AvgIpc) is 3.18. The third-order valence-corrected chi connectivity index (χ3v) is 3.36. The van der Waals surface area contributed by atoms with Crippen molar-refractivity contribution in [3.8, 4) is 0 Å². The van der Waals surface area contributed by atoms with Crippen LogP contribution < -0.4 is 5.73 Å². The number of hydrogen-bond acceptors (Lipinski definition) is 5. The minimum Gasteiger partial charge on any atom is -0.465 e. The molecule has 19 heavy (non-hydrogen) atoms. The van der Waals surface area contributed by atoms with Crippen molar-refractivity contribution >= 4 is 11.9 Å². The van der Waals surface area contributed by atoms with E-state index in [-0.39, 0.29) is 18.4 Å². The first-order chi connectivity index (χ1) is 8.93. The summed E-state index contributed by atoms with van der Waals surface area (Å²) in [5, 5.41) is 0. The van der Waals surface area contributed by atoms with E-state index in [2.05, 4.69) is 0 Å². The molecule has 1 atom stereocenters. The zero-order valence-corrected chi connectivity index (χ0v) is 12.0. The molecule has 6 heteroatoms. The summed E-state index contributed by atoms with van der Waals surface area (Å²) < 4.78 is 9.84. The maximum Gasteiger partial charge on any atom is 0.325 e. The molecule has 0 spiro atoms. The molecule has 1 unspecified atom stereocenters. The molecule has 6 nitrogen and oxygen atoms in total. The quantitative estimate of drug-likeness (QED) is 0.636. The Balaban J connectivity index is 2.66. The van der Waals surface area contributed by atoms with Crippen molar-refractivity contribution in [1.29, 1.82) is 0 Å². The Morgan fingerprint density at radius 2 is 2.05 bits per heavy atom. The predicted octanol–water partition coefficient (Wildman–Crippen LogP) is 0.152. The minimum absolute atomic E-state index is 0.0739. The van der Waals surface area contributed by atoms with E-state index < -0.39 is 11.5 Å². The van der Waals surface area contributed by atoms with Crippen molar-refractivity contribution < 1.29 is 19.1 Å². The molecule has 110 valence electrons. The van der Waals surface area contributed by atoms with Crippen LogP contribution >= 0.6 is 0 Å². The summed E-state index contributed by atoms with van der Waals surface area (Å²) >= 11 is 0. The van der Waals surface area contributed by atoms with Crippen LogP contribution in [-0.4, -0.2) is 55.7 Å². The molecule has 1 saturated carbocycles. The van der Waals surface area contributed by atoms with E-state index in [1.54, 1.807) is 21.0 Å². The molecule has 1 fully saturated rings. The molecule has 0 aromatic rings. The number of ether oxygens (including phenoxy) is 2. The molecular formula is C13H24N2O4. The normalized spacial score (nSPS) is 17.7. The van der Waals surface area contributed by atoms with E-state index in [9.17, 15) is 9.59 Å². The highest BCUT2D eigenvalue weighted by Crippen LogP contribution is 2.38. The molecule has 0 bridgehead atoms. The SMILES string of the molecule is CCOC(=O)CN(CCOC)C(=O)C(C)(N)C1CC1. The first kappa shape index (κ1) is 15.9. The first-order valence-corrected chi connectivity index (χ1v) is 6.66. The zero-order valence-electron chi connectivity index (χ0n) is 12.0. The number of carbonyl (C=O) groups excluding carboxylic acids is 2. The van der Waals surface area contributed by atoms with E-state index in [4.69, 9.17) is 15.2 Å². The monoisotopic (exact) mass is 272 g/mol. The molecule has 2 N–H and O–H groups in total. The van der Waals surface area contributed by atoms with Crippen LogP contribution in [0.25, 0.3) is 0 Å². The van der Waals surface area contributed by atoms with Crippen LogP contribution in [0.3, 0.4) is 0 Å². The lowest BCUT2D eigenvalue weighted by atomic mass is 9.95. The molecule has 1 rings (SSSR count). The smallest absolute Gasteiger partial charge is 0.325 e. The zero-order chi connectivity index (χ0) is 14.5. The van der Waals surface area contributed by atoms with Gasteiger partial charge in [-0.15, -0.1) is 0 Å². The van der Waals surface area contributed by atoms with Gasteiger partial charge in [0.05, 0.1) is 18.8 Å². The Kier molecular flexibility index (Phi) is 5.75. The summed E-state index contributed by atoms with van der Waals surface area (Å²) in [6.07, 6.45) is 1.94. The van der Waals surface area contributed by atoms with Gasteiger partial charge in [0, 0.05) is 13.7 Å². The second-order valence-electron chi connectivity index (χ2n) is 5.08. The van der Waals surface area contributed by atoms with Gasteiger partial charge in [0.1, 0.15) is 6.54 Å². The molecule has 1 amide bonds. The van der Waals surface area contributed by atoms with Crippen LogP contribution in [0.2, 0.25) is 0 Å². The Hall–Kier alpha value is -1.14. The van der Waals surface area contributed by atoms with Gasteiger partial charge in [-0.1, -0.05) is 0 Å². The third kappa shape index (κ3) is 4.47. The molecule has 0 aromatic heterocycles. The second-order valence-corrected chi connectivity index (χ2v) is 5.08. The predicted molar refractivity (Wildman–Crippen MR) is 70.4 cm³/mol. The minimum atomic E-state index is -0.903. The molecule has 0 aromatic carbocycles. The van der Waals surface area contributed by atoms with Crippen molar-refractivity contribution in [1.82, 2.24) is 4.90 Å². The fourth-order valence-corrected chi connectivity index (χ4v) is 2.01. The van der Waals surface area contributed by atoms with E-state index >= 15 is 0 Å². The highest BCUT2D eigenvalue weighted by atomic mass is 16.5. The molecule has 1 aliphatic carbocycles. The first-order valence-electron chi connectivity index (χ1n) is 6.66. The molecule has 0 radical (unpaired) electrons. The highest BCUT2D eigenvalue weighted by molar-refractivity contribution is 5.89. The van der Waals surface area contributed by atoms with E-state index in [0.717, 1.165) is 12.8 Å². The Morgan fingerprint density at radius 1 is 1.42 bits per heavy atom. The van der Waals surface area contributed by atoms with Crippen LogP contribution in [0, 0.1) is 5.92 Å². The number of amides is 1. The van der Waals surface area contributed by atoms with Crippen molar-refractivity contribution in [3.63, 3.8) is 0 Å². The standard InChI is InChI=1S/C13H24N2O4/c1-4-19-11(16)9-15(7-8-18-3)12(17)13(2,14)10-5-6-10/h10H,4-9,14H2,1-3H3. The lowest BCUT2D eigenvalue weighted by Gasteiger charge is -2.31. The van der Waals surface area contributed by atoms with E-state index in [0.29, 0.717) is 19.8 Å². The van der Waals surface area contributed by atoms with E-state index in [1.807, 2.05) is 0 Å². The van der Waals surface area contributed by atoms with E-state index in [1.165, 1.54) is 4.90 Å². The van der Waals surface area contributed by atoms with Gasteiger partial charge in [-0.2, -0.15) is 0 Å². The molecule has 0 heterocycles. The van der Waals surface area contributed by atoms with Crippen LogP contribution in [0.4, 0.5) is 0 Å². The van der Waals surface area contributed by atoms with Gasteiger partial charge in [0.2, 0.25) is 5.91 Å². The van der Waals surface area contributed by atoms with Gasteiger partial charge in [-0.3, -0.25) is 9.59 Å². The maximum absolute atomic E-state index is 12.4. The van der Waals surface area contributed by atoms with Gasteiger partial charge in [0.25, 0.3) is 0 Å². The van der Waals surface area contributed by atoms with Crippen molar-refractivity contribution in [2.75, 3.05) is 33.4 Å². The van der Waals surface area contributed by atoms with Crippen molar-refractivity contribution in [2.24, 2.45) is 11.7 Å². The number of nitrogens with zero attached hydrogens (tertiary/aromatic N) is 1. The average molecular weight is 272 g/mol. The summed E-state index contributed by atoms with van der Waals surface area (Å²) in [6.45, 7) is 4.40. The largest absolute Gasteiger partial charge is 0.465 e. The fraction of sp³-hybridized carbons (Fsp3) is 0.846. The molecule has 0 saturated heterocycles. The number of hydrogen-bond donors (Lipinski definition) is 1. The lowest BCUT2D eigenvalue weighted by molar-refractivity contribution is -0.151. The Labute approximate surface area is 114 Å². The number of nitrogens with two attached hydrogens (primary N) is 1. The summed E-state index contributed by atoms with van der Waals surface area (Å²) in [6, 6.07) is 0. The number of carbonyl (C=O) groups is 2. The Bertz CT molecular complexity index is 327.